The molecule has 3 aromatic carbocycles. The second-order valence-electron chi connectivity index (χ2n) is 14.7. The SMILES string of the molecule is C=CC/C=C\C(=C/C(C)C1=C(c2ccccc2)C=CCC=C1N(C)c1ccccc1CC=C)c1c(C)c(S)c(C)c(C/C(C)=C(C)\C(C)=C(\C)CS)c1C. The van der Waals surface area contributed by atoms with E-state index in [0.717, 1.165) is 36.3 Å². The Bertz CT molecular complexity index is 2080. The van der Waals surface area contributed by atoms with Crippen LogP contribution in [0.5, 0.6) is 0 Å². The quantitative estimate of drug-likeness (QED) is 0.0888. The van der Waals surface area contributed by atoms with E-state index < -0.39 is 0 Å². The van der Waals surface area contributed by atoms with Crippen molar-refractivity contribution in [2.75, 3.05) is 17.7 Å². The Labute approximate surface area is 338 Å². The van der Waals surface area contributed by atoms with Gasteiger partial charge in [-0.05, 0) is 147 Å². The molecule has 0 saturated carbocycles. The molecule has 0 heterocycles. The van der Waals surface area contributed by atoms with Crippen LogP contribution >= 0.6 is 25.3 Å². The van der Waals surface area contributed by atoms with Crippen molar-refractivity contribution < 1.29 is 0 Å². The molecule has 4 rings (SSSR count). The van der Waals surface area contributed by atoms with E-state index in [-0.39, 0.29) is 5.92 Å². The number of rotatable bonds is 15. The molecular weight excluding hydrogens is 691 g/mol. The summed E-state index contributed by atoms with van der Waals surface area (Å²) in [7, 11) is 2.21. The normalized spacial score (nSPS) is 15.1. The number of benzene rings is 3. The summed E-state index contributed by atoms with van der Waals surface area (Å²) >= 11 is 9.76. The lowest BCUT2D eigenvalue weighted by molar-refractivity contribution is 0.855. The Morgan fingerprint density at radius 3 is 2.20 bits per heavy atom. The highest BCUT2D eigenvalue weighted by Gasteiger charge is 2.25. The number of nitrogens with zero attached hydrogens (tertiary/aromatic N) is 1. The highest BCUT2D eigenvalue weighted by Crippen LogP contribution is 2.41. The molecule has 1 unspecified atom stereocenters. The van der Waals surface area contributed by atoms with Crippen molar-refractivity contribution in [1.29, 1.82) is 0 Å². The van der Waals surface area contributed by atoms with Gasteiger partial charge in [0.2, 0.25) is 0 Å². The van der Waals surface area contributed by atoms with E-state index in [1.54, 1.807) is 0 Å². The fourth-order valence-electron chi connectivity index (χ4n) is 7.64. The first-order valence-corrected chi connectivity index (χ1v) is 20.3. The highest BCUT2D eigenvalue weighted by molar-refractivity contribution is 7.80. The van der Waals surface area contributed by atoms with Crippen molar-refractivity contribution in [3.05, 3.63) is 189 Å². The summed E-state index contributed by atoms with van der Waals surface area (Å²) in [5.74, 6) is 0.818. The van der Waals surface area contributed by atoms with Gasteiger partial charge in [-0.1, -0.05) is 115 Å². The van der Waals surface area contributed by atoms with E-state index >= 15 is 0 Å². The largest absolute Gasteiger partial charge is 0.344 e. The molecule has 1 atom stereocenters. The van der Waals surface area contributed by atoms with E-state index in [9.17, 15) is 0 Å². The first kappa shape index (κ1) is 42.6. The molecule has 0 fully saturated rings. The Hall–Kier alpha value is -4.18. The number of likely N-dealkylation sites (N-methyl/N-ethyl adjacent to an activating group) is 1. The Morgan fingerprint density at radius 2 is 1.54 bits per heavy atom. The van der Waals surface area contributed by atoms with Gasteiger partial charge in [0.1, 0.15) is 0 Å². The zero-order chi connectivity index (χ0) is 39.5. The number of para-hydroxylation sites is 1. The van der Waals surface area contributed by atoms with Gasteiger partial charge >= 0.3 is 0 Å². The number of anilines is 1. The maximum Gasteiger partial charge on any atom is 0.0443 e. The lowest BCUT2D eigenvalue weighted by Crippen LogP contribution is -2.22. The van der Waals surface area contributed by atoms with Crippen LogP contribution in [0.1, 0.15) is 86.4 Å². The molecule has 0 bridgehead atoms. The molecule has 0 radical (unpaired) electrons. The average molecular weight is 752 g/mol. The van der Waals surface area contributed by atoms with Crippen LogP contribution in [0, 0.1) is 26.7 Å². The standard InChI is InChI=1S/C51H61NS2/c1-12-14-16-27-44(50-39(8)46(40(9)51(54)41(50)10)32-34(3)37(6)38(7)36(5)33-53)31-35(4)49-45(42-24-17-15-18-25-42)28-20-22-30-48(49)52(11)47-29-21-19-26-43(47)23-13-2/h12-13,15-21,24-31,35,53-54H,1-2,14,22-23,32-33H2,3-11H3/b27-16-,37-34-,38-36-,44-31+. The molecule has 3 heteroatoms. The van der Waals surface area contributed by atoms with E-state index in [4.69, 9.17) is 12.6 Å². The molecule has 54 heavy (non-hydrogen) atoms. The molecule has 0 aromatic heterocycles. The zero-order valence-corrected chi connectivity index (χ0v) is 36.0. The van der Waals surface area contributed by atoms with Gasteiger partial charge in [0.25, 0.3) is 0 Å². The minimum Gasteiger partial charge on any atom is -0.344 e. The number of hydrogen-bond donors (Lipinski definition) is 2. The van der Waals surface area contributed by atoms with Crippen molar-refractivity contribution in [3.63, 3.8) is 0 Å². The first-order chi connectivity index (χ1) is 25.9. The molecular formula is C51H61NS2. The first-order valence-electron chi connectivity index (χ1n) is 19.2. The number of allylic oxidation sites excluding steroid dienone is 14. The predicted octanol–water partition coefficient (Wildman–Crippen LogP) is 14.4. The van der Waals surface area contributed by atoms with Crippen molar-refractivity contribution >= 4 is 42.1 Å². The van der Waals surface area contributed by atoms with Gasteiger partial charge in [0, 0.05) is 35.0 Å². The van der Waals surface area contributed by atoms with E-state index in [2.05, 4.69) is 184 Å². The molecule has 0 N–H and O–H groups in total. The van der Waals surface area contributed by atoms with Gasteiger partial charge in [-0.2, -0.15) is 12.6 Å². The van der Waals surface area contributed by atoms with E-state index in [0.29, 0.717) is 0 Å². The summed E-state index contributed by atoms with van der Waals surface area (Å²) in [5, 5.41) is 0. The van der Waals surface area contributed by atoms with Gasteiger partial charge in [-0.15, -0.1) is 25.8 Å². The molecule has 0 aliphatic heterocycles. The number of hydrogen-bond acceptors (Lipinski definition) is 3. The zero-order valence-electron chi connectivity index (χ0n) is 34.2. The van der Waals surface area contributed by atoms with Gasteiger partial charge in [-0.25, -0.2) is 0 Å². The van der Waals surface area contributed by atoms with Gasteiger partial charge < -0.3 is 4.90 Å². The summed E-state index contributed by atoms with van der Waals surface area (Å²) < 4.78 is 0. The van der Waals surface area contributed by atoms with Gasteiger partial charge in [0.15, 0.2) is 0 Å². The molecule has 0 saturated heterocycles. The summed E-state index contributed by atoms with van der Waals surface area (Å²) in [4.78, 5) is 3.45. The van der Waals surface area contributed by atoms with Gasteiger partial charge in [0.05, 0.1) is 0 Å². The third-order valence-corrected chi connectivity index (χ3v) is 12.3. The molecule has 3 aromatic rings. The van der Waals surface area contributed by atoms with E-state index in [1.807, 2.05) is 12.2 Å². The Balaban J connectivity index is 2.01. The lowest BCUT2D eigenvalue weighted by Gasteiger charge is -2.31. The molecule has 1 aliphatic carbocycles. The van der Waals surface area contributed by atoms with Crippen LogP contribution < -0.4 is 4.90 Å². The monoisotopic (exact) mass is 751 g/mol. The fourth-order valence-corrected chi connectivity index (χ4v) is 8.13. The third kappa shape index (κ3) is 9.73. The summed E-state index contributed by atoms with van der Waals surface area (Å²) in [6.45, 7) is 26.1. The van der Waals surface area contributed by atoms with Crippen LogP contribution in [0.15, 0.2) is 155 Å². The van der Waals surface area contributed by atoms with Crippen LogP contribution in [0.4, 0.5) is 5.69 Å². The van der Waals surface area contributed by atoms with Crippen molar-refractivity contribution in [2.24, 2.45) is 5.92 Å². The Kier molecular flexibility index (Phi) is 15.7. The van der Waals surface area contributed by atoms with Crippen molar-refractivity contribution in [3.8, 4) is 0 Å². The van der Waals surface area contributed by atoms with Crippen LogP contribution in [0.3, 0.4) is 0 Å². The van der Waals surface area contributed by atoms with Crippen LogP contribution in [-0.4, -0.2) is 12.8 Å². The van der Waals surface area contributed by atoms with Crippen molar-refractivity contribution in [2.45, 2.75) is 86.0 Å². The maximum atomic E-state index is 5.20. The van der Waals surface area contributed by atoms with Gasteiger partial charge in [-0.3, -0.25) is 0 Å². The second-order valence-corrected chi connectivity index (χ2v) is 15.4. The second kappa shape index (κ2) is 19.9. The van der Waals surface area contributed by atoms with Crippen LogP contribution in [-0.2, 0) is 12.8 Å². The Morgan fingerprint density at radius 1 is 0.870 bits per heavy atom. The molecule has 282 valence electrons. The van der Waals surface area contributed by atoms with Crippen LogP contribution in [0.25, 0.3) is 11.1 Å². The van der Waals surface area contributed by atoms with Crippen LogP contribution in [0.2, 0.25) is 0 Å². The third-order valence-electron chi connectivity index (χ3n) is 11.1. The molecule has 0 amide bonds. The molecule has 1 nitrogen and oxygen atoms in total. The number of thiol groups is 2. The lowest BCUT2D eigenvalue weighted by atomic mass is 9.82. The minimum atomic E-state index is 0.0550. The minimum absolute atomic E-state index is 0.0550. The van der Waals surface area contributed by atoms with E-state index in [1.165, 1.54) is 89.3 Å². The summed E-state index contributed by atoms with van der Waals surface area (Å²) in [6, 6.07) is 19.5. The topological polar surface area (TPSA) is 3.24 Å². The molecule has 1 aliphatic rings. The fraction of sp³-hybridized carbons (Fsp3) is 0.294. The van der Waals surface area contributed by atoms with Crippen molar-refractivity contribution in [1.82, 2.24) is 0 Å². The summed E-state index contributed by atoms with van der Waals surface area (Å²) in [5.41, 5.74) is 20.4. The molecule has 0 spiro atoms. The predicted molar refractivity (Wildman–Crippen MR) is 247 cm³/mol. The highest BCUT2D eigenvalue weighted by atomic mass is 32.1. The maximum absolute atomic E-state index is 5.20. The average Bonchev–Trinajstić information content (AvgIpc) is 3.41. The summed E-state index contributed by atoms with van der Waals surface area (Å²) in [6.07, 6.45) is 21.3. The smallest absolute Gasteiger partial charge is 0.0443 e.